The lowest BCUT2D eigenvalue weighted by atomic mass is 9.89. The summed E-state index contributed by atoms with van der Waals surface area (Å²) in [6, 6.07) is 1.77. The summed E-state index contributed by atoms with van der Waals surface area (Å²) in [6.45, 7) is 1.31. The Morgan fingerprint density at radius 2 is 2.33 bits per heavy atom. The predicted molar refractivity (Wildman–Crippen MR) is 62.9 cm³/mol. The minimum atomic E-state index is -0.454. The number of hydrogen-bond acceptors (Lipinski definition) is 4. The summed E-state index contributed by atoms with van der Waals surface area (Å²) in [5.74, 6) is -0.572. The molecule has 6 nitrogen and oxygen atoms in total. The molecular weight excluding hydrogens is 234 g/mol. The molecule has 1 saturated heterocycles. The van der Waals surface area contributed by atoms with E-state index in [2.05, 4.69) is 15.5 Å². The lowest BCUT2D eigenvalue weighted by Gasteiger charge is -2.36. The highest BCUT2D eigenvalue weighted by molar-refractivity contribution is 5.92. The van der Waals surface area contributed by atoms with Gasteiger partial charge in [-0.05, 0) is 18.9 Å². The quantitative estimate of drug-likeness (QED) is 0.816. The number of ether oxygens (including phenoxy) is 2. The molecule has 1 saturated carbocycles. The van der Waals surface area contributed by atoms with Gasteiger partial charge < -0.3 is 14.8 Å². The number of carbonyl (C=O) groups excluding carboxylic acids is 1. The Hall–Kier alpha value is -1.40. The Morgan fingerprint density at radius 3 is 3.06 bits per heavy atom. The number of nitrogens with one attached hydrogen (secondary N) is 2. The van der Waals surface area contributed by atoms with E-state index in [1.807, 2.05) is 0 Å². The van der Waals surface area contributed by atoms with Crippen LogP contribution in [0.2, 0.25) is 0 Å². The van der Waals surface area contributed by atoms with Crippen LogP contribution in [0.3, 0.4) is 0 Å². The fourth-order valence-electron chi connectivity index (χ4n) is 2.73. The zero-order valence-electron chi connectivity index (χ0n) is 10.1. The van der Waals surface area contributed by atoms with Gasteiger partial charge in [-0.2, -0.15) is 5.10 Å². The SMILES string of the molecule is O=C(N[C@@H]1CCCC2(C1)OCCO2)c1ccn[nH]1. The van der Waals surface area contributed by atoms with Crippen molar-refractivity contribution in [3.63, 3.8) is 0 Å². The Balaban J connectivity index is 1.61. The van der Waals surface area contributed by atoms with Gasteiger partial charge in [0.05, 0.1) is 13.2 Å². The highest BCUT2D eigenvalue weighted by Gasteiger charge is 2.41. The van der Waals surface area contributed by atoms with E-state index in [9.17, 15) is 4.79 Å². The molecule has 1 atom stereocenters. The summed E-state index contributed by atoms with van der Waals surface area (Å²) in [5, 5.41) is 9.44. The van der Waals surface area contributed by atoms with Crippen molar-refractivity contribution in [3.8, 4) is 0 Å². The van der Waals surface area contributed by atoms with Crippen molar-refractivity contribution >= 4 is 5.91 Å². The second-order valence-electron chi connectivity index (χ2n) is 4.84. The topological polar surface area (TPSA) is 76.2 Å². The summed E-state index contributed by atoms with van der Waals surface area (Å²) in [7, 11) is 0. The molecule has 3 rings (SSSR count). The van der Waals surface area contributed by atoms with Gasteiger partial charge in [0.1, 0.15) is 5.69 Å². The van der Waals surface area contributed by atoms with Crippen LogP contribution in [0.15, 0.2) is 12.3 Å². The highest BCUT2D eigenvalue weighted by Crippen LogP contribution is 2.35. The summed E-state index contributed by atoms with van der Waals surface area (Å²) in [4.78, 5) is 11.9. The molecule has 1 aromatic rings. The van der Waals surface area contributed by atoms with Crippen molar-refractivity contribution in [3.05, 3.63) is 18.0 Å². The number of carbonyl (C=O) groups is 1. The van der Waals surface area contributed by atoms with Gasteiger partial charge >= 0.3 is 0 Å². The zero-order valence-corrected chi connectivity index (χ0v) is 10.1. The van der Waals surface area contributed by atoms with Gasteiger partial charge in [0.25, 0.3) is 5.91 Å². The average Bonchev–Trinajstić information content (AvgIpc) is 3.01. The van der Waals surface area contributed by atoms with E-state index in [0.717, 1.165) is 25.7 Å². The molecule has 0 unspecified atom stereocenters. The Labute approximate surface area is 105 Å². The molecule has 1 aliphatic heterocycles. The first-order valence-corrected chi connectivity index (χ1v) is 6.36. The first-order valence-electron chi connectivity index (χ1n) is 6.36. The first-order chi connectivity index (χ1) is 8.77. The van der Waals surface area contributed by atoms with E-state index in [1.54, 1.807) is 12.3 Å². The second-order valence-corrected chi connectivity index (χ2v) is 4.84. The molecule has 1 aromatic heterocycles. The third-order valence-electron chi connectivity index (χ3n) is 3.56. The number of aromatic amines is 1. The standard InChI is InChI=1S/C12H17N3O3/c16-11(10-3-5-13-15-10)14-9-2-1-4-12(8-9)17-6-7-18-12/h3,5,9H,1-2,4,6-8H2,(H,13,15)(H,14,16)/t9-/m1/s1. The Morgan fingerprint density at radius 1 is 1.50 bits per heavy atom. The fourth-order valence-corrected chi connectivity index (χ4v) is 2.73. The van der Waals surface area contributed by atoms with Crippen LogP contribution >= 0.6 is 0 Å². The highest BCUT2D eigenvalue weighted by atomic mass is 16.7. The summed E-state index contributed by atoms with van der Waals surface area (Å²) in [5.41, 5.74) is 0.489. The molecule has 6 heteroatoms. The predicted octanol–water partition coefficient (Wildman–Crippen LogP) is 0.825. The molecule has 0 radical (unpaired) electrons. The minimum Gasteiger partial charge on any atom is -0.348 e. The van der Waals surface area contributed by atoms with Crippen LogP contribution in [0, 0.1) is 0 Å². The van der Waals surface area contributed by atoms with Crippen LogP contribution in [0.1, 0.15) is 36.2 Å². The molecule has 0 bridgehead atoms. The zero-order chi connectivity index (χ0) is 12.4. The van der Waals surface area contributed by atoms with Crippen LogP contribution in [0.5, 0.6) is 0 Å². The smallest absolute Gasteiger partial charge is 0.269 e. The fraction of sp³-hybridized carbons (Fsp3) is 0.667. The van der Waals surface area contributed by atoms with Crippen molar-refractivity contribution in [1.29, 1.82) is 0 Å². The largest absolute Gasteiger partial charge is 0.348 e. The molecule has 2 fully saturated rings. The maximum Gasteiger partial charge on any atom is 0.269 e. The van der Waals surface area contributed by atoms with Gasteiger partial charge in [0.15, 0.2) is 5.79 Å². The van der Waals surface area contributed by atoms with Crippen molar-refractivity contribution in [1.82, 2.24) is 15.5 Å². The Bertz CT molecular complexity index is 412. The third-order valence-corrected chi connectivity index (χ3v) is 3.56. The van der Waals surface area contributed by atoms with E-state index in [1.165, 1.54) is 0 Å². The second kappa shape index (κ2) is 4.70. The number of aromatic nitrogens is 2. The molecule has 1 aliphatic carbocycles. The molecule has 98 valence electrons. The molecule has 2 heterocycles. The van der Waals surface area contributed by atoms with Crippen LogP contribution in [0.25, 0.3) is 0 Å². The number of nitrogens with zero attached hydrogens (tertiary/aromatic N) is 1. The van der Waals surface area contributed by atoms with Crippen LogP contribution in [0.4, 0.5) is 0 Å². The van der Waals surface area contributed by atoms with Gasteiger partial charge in [-0.25, -0.2) is 0 Å². The molecule has 2 aliphatic rings. The lowest BCUT2D eigenvalue weighted by molar-refractivity contribution is -0.181. The summed E-state index contributed by atoms with van der Waals surface area (Å²) >= 11 is 0. The van der Waals surface area contributed by atoms with Crippen LogP contribution in [-0.2, 0) is 9.47 Å². The lowest BCUT2D eigenvalue weighted by Crippen LogP contribution is -2.46. The molecule has 1 amide bonds. The van der Waals surface area contributed by atoms with Crippen LogP contribution < -0.4 is 5.32 Å². The van der Waals surface area contributed by atoms with Gasteiger partial charge in [0, 0.05) is 25.1 Å². The van der Waals surface area contributed by atoms with Crippen molar-refractivity contribution in [2.45, 2.75) is 37.5 Å². The molecule has 0 aromatic carbocycles. The monoisotopic (exact) mass is 251 g/mol. The third kappa shape index (κ3) is 2.26. The number of rotatable bonds is 2. The van der Waals surface area contributed by atoms with Crippen LogP contribution in [-0.4, -0.2) is 41.1 Å². The molecular formula is C12H17N3O3. The number of amides is 1. The van der Waals surface area contributed by atoms with Gasteiger partial charge in [-0.15, -0.1) is 0 Å². The average molecular weight is 251 g/mol. The van der Waals surface area contributed by atoms with Gasteiger partial charge in [0.2, 0.25) is 0 Å². The van der Waals surface area contributed by atoms with E-state index in [0.29, 0.717) is 18.9 Å². The van der Waals surface area contributed by atoms with E-state index < -0.39 is 5.79 Å². The minimum absolute atomic E-state index is 0.104. The van der Waals surface area contributed by atoms with Crippen molar-refractivity contribution in [2.75, 3.05) is 13.2 Å². The number of H-pyrrole nitrogens is 1. The van der Waals surface area contributed by atoms with E-state index in [4.69, 9.17) is 9.47 Å². The van der Waals surface area contributed by atoms with Gasteiger partial charge in [-0.3, -0.25) is 9.89 Å². The first kappa shape index (κ1) is 11.7. The van der Waals surface area contributed by atoms with Crippen molar-refractivity contribution < 1.29 is 14.3 Å². The van der Waals surface area contributed by atoms with E-state index in [-0.39, 0.29) is 11.9 Å². The number of hydrogen-bond donors (Lipinski definition) is 2. The Kier molecular flexibility index (Phi) is 3.05. The van der Waals surface area contributed by atoms with Crippen molar-refractivity contribution in [2.24, 2.45) is 0 Å². The summed E-state index contributed by atoms with van der Waals surface area (Å²) < 4.78 is 11.4. The van der Waals surface area contributed by atoms with E-state index >= 15 is 0 Å². The molecule has 18 heavy (non-hydrogen) atoms. The molecule has 2 N–H and O–H groups in total. The molecule has 1 spiro atoms. The normalized spacial score (nSPS) is 26.3. The van der Waals surface area contributed by atoms with Gasteiger partial charge in [-0.1, -0.05) is 0 Å². The summed E-state index contributed by atoms with van der Waals surface area (Å²) in [6.07, 6.45) is 5.19. The maximum atomic E-state index is 11.9. The maximum absolute atomic E-state index is 11.9.